The van der Waals surface area contributed by atoms with Gasteiger partial charge in [0.2, 0.25) is 0 Å². The maximum absolute atomic E-state index is 13.1. The summed E-state index contributed by atoms with van der Waals surface area (Å²) in [5.41, 5.74) is 2.35. The average molecular weight is 410 g/mol. The average Bonchev–Trinajstić information content (AvgIpc) is 2.95. The Morgan fingerprint density at radius 2 is 1.55 bits per heavy atom. The van der Waals surface area contributed by atoms with E-state index in [2.05, 4.69) is 13.8 Å². The van der Waals surface area contributed by atoms with Gasteiger partial charge in [0.05, 0.1) is 17.1 Å². The number of imide groups is 1. The molecule has 0 spiro atoms. The highest BCUT2D eigenvalue weighted by Crippen LogP contribution is 2.38. The van der Waals surface area contributed by atoms with Crippen molar-refractivity contribution in [1.82, 2.24) is 4.90 Å². The third kappa shape index (κ3) is 4.91. The van der Waals surface area contributed by atoms with Crippen molar-refractivity contribution in [3.8, 4) is 5.75 Å². The summed E-state index contributed by atoms with van der Waals surface area (Å²) in [4.78, 5) is 28.0. The lowest BCUT2D eigenvalue weighted by atomic mass is 10.1. The molecule has 3 rings (SSSR count). The third-order valence-electron chi connectivity index (χ3n) is 4.54. The van der Waals surface area contributed by atoms with Crippen LogP contribution in [0.25, 0.3) is 5.57 Å². The molecule has 0 fully saturated rings. The number of carbonyl (C=O) groups is 2. The smallest absolute Gasteiger partial charge is 0.268 e. The highest BCUT2D eigenvalue weighted by molar-refractivity contribution is 8.03. The Morgan fingerprint density at radius 3 is 2.14 bits per heavy atom. The van der Waals surface area contributed by atoms with Crippen LogP contribution in [0.5, 0.6) is 5.75 Å². The Morgan fingerprint density at radius 1 is 0.897 bits per heavy atom. The van der Waals surface area contributed by atoms with Gasteiger partial charge < -0.3 is 4.74 Å². The molecule has 2 amide bonds. The van der Waals surface area contributed by atoms with E-state index in [9.17, 15) is 9.59 Å². The molecule has 0 saturated carbocycles. The van der Waals surface area contributed by atoms with Crippen LogP contribution in [-0.2, 0) is 15.3 Å². The molecule has 2 aromatic rings. The van der Waals surface area contributed by atoms with Crippen molar-refractivity contribution < 1.29 is 14.3 Å². The zero-order chi connectivity index (χ0) is 21.0. The molecule has 0 saturated heterocycles. The van der Waals surface area contributed by atoms with Crippen molar-refractivity contribution in [3.05, 3.63) is 70.6 Å². The fraction of sp³-hybridized carbons (Fsp3) is 0.333. The number of thioether (sulfide) groups is 1. The second kappa shape index (κ2) is 9.31. The Balaban J connectivity index is 1.90. The van der Waals surface area contributed by atoms with Crippen molar-refractivity contribution in [2.24, 2.45) is 5.92 Å². The molecule has 1 aliphatic heterocycles. The van der Waals surface area contributed by atoms with Crippen molar-refractivity contribution in [2.75, 3.05) is 6.61 Å². The summed E-state index contributed by atoms with van der Waals surface area (Å²) in [5.74, 6) is 1.41. The van der Waals surface area contributed by atoms with Crippen LogP contribution in [0.2, 0.25) is 0 Å². The molecule has 2 aromatic carbocycles. The third-order valence-corrected chi connectivity index (χ3v) is 5.69. The fourth-order valence-corrected chi connectivity index (χ4v) is 4.17. The molecular weight excluding hydrogens is 382 g/mol. The van der Waals surface area contributed by atoms with E-state index in [1.807, 2.05) is 68.4 Å². The van der Waals surface area contributed by atoms with E-state index >= 15 is 0 Å². The largest absolute Gasteiger partial charge is 0.493 e. The molecule has 29 heavy (non-hydrogen) atoms. The van der Waals surface area contributed by atoms with E-state index in [-0.39, 0.29) is 17.9 Å². The van der Waals surface area contributed by atoms with E-state index in [1.165, 1.54) is 16.7 Å². The molecule has 0 radical (unpaired) electrons. The maximum atomic E-state index is 13.1. The number of nitrogens with zero attached hydrogens (tertiary/aromatic N) is 1. The first kappa shape index (κ1) is 21.2. The molecule has 152 valence electrons. The highest BCUT2D eigenvalue weighted by Gasteiger charge is 2.40. The first-order valence-corrected chi connectivity index (χ1v) is 10.9. The van der Waals surface area contributed by atoms with Crippen molar-refractivity contribution in [2.45, 2.75) is 39.5 Å². The van der Waals surface area contributed by atoms with Crippen LogP contribution in [0, 0.1) is 5.92 Å². The van der Waals surface area contributed by atoms with Crippen molar-refractivity contribution in [1.29, 1.82) is 0 Å². The molecule has 1 heterocycles. The molecule has 0 N–H and O–H groups in total. The van der Waals surface area contributed by atoms with Gasteiger partial charge in [0.25, 0.3) is 11.8 Å². The minimum atomic E-state index is -0.226. The fourth-order valence-electron chi connectivity index (χ4n) is 3.09. The summed E-state index contributed by atoms with van der Waals surface area (Å²) < 4.78 is 5.74. The van der Waals surface area contributed by atoms with Crippen LogP contribution in [0.4, 0.5) is 0 Å². The van der Waals surface area contributed by atoms with Crippen LogP contribution >= 0.6 is 11.8 Å². The summed E-state index contributed by atoms with van der Waals surface area (Å²) >= 11 is 1.43. The van der Waals surface area contributed by atoms with Gasteiger partial charge in [-0.15, -0.1) is 11.8 Å². The molecule has 1 aliphatic rings. The van der Waals surface area contributed by atoms with Gasteiger partial charge >= 0.3 is 0 Å². The predicted octanol–water partition coefficient (Wildman–Crippen LogP) is 5.14. The number of carbonyl (C=O) groups excluding carboxylic acids is 2. The summed E-state index contributed by atoms with van der Waals surface area (Å²) in [7, 11) is 0. The van der Waals surface area contributed by atoms with Crippen LogP contribution in [0.3, 0.4) is 0 Å². The second-order valence-corrected chi connectivity index (χ2v) is 8.77. The monoisotopic (exact) mass is 409 g/mol. The summed E-state index contributed by atoms with van der Waals surface area (Å²) in [5, 5.41) is 0. The SMILES string of the molecule is CC(C)COc1ccc(C2=C(SCc3ccccc3)C(=O)N(C(C)C)C2=O)cc1. The van der Waals surface area contributed by atoms with Gasteiger partial charge in [-0.2, -0.15) is 0 Å². The normalized spacial score (nSPS) is 14.5. The molecule has 5 heteroatoms. The van der Waals surface area contributed by atoms with Crippen LogP contribution in [0.1, 0.15) is 38.8 Å². The molecule has 0 aromatic heterocycles. The Bertz CT molecular complexity index is 901. The number of benzene rings is 2. The number of hydrogen-bond donors (Lipinski definition) is 0. The first-order chi connectivity index (χ1) is 13.9. The van der Waals surface area contributed by atoms with Gasteiger partial charge in [-0.3, -0.25) is 14.5 Å². The summed E-state index contributed by atoms with van der Waals surface area (Å²) in [6.07, 6.45) is 0. The van der Waals surface area contributed by atoms with Gasteiger partial charge in [-0.05, 0) is 43.0 Å². The zero-order valence-electron chi connectivity index (χ0n) is 17.3. The van der Waals surface area contributed by atoms with E-state index in [0.717, 1.165) is 16.9 Å². The van der Waals surface area contributed by atoms with E-state index in [0.29, 0.717) is 28.8 Å². The van der Waals surface area contributed by atoms with Crippen molar-refractivity contribution >= 4 is 29.1 Å². The van der Waals surface area contributed by atoms with Gasteiger partial charge in [0, 0.05) is 11.8 Å². The molecule has 0 bridgehead atoms. The van der Waals surface area contributed by atoms with E-state index < -0.39 is 0 Å². The minimum absolute atomic E-state index is 0.187. The Labute approximate surface area is 176 Å². The topological polar surface area (TPSA) is 46.6 Å². The van der Waals surface area contributed by atoms with Gasteiger partial charge in [0.15, 0.2) is 0 Å². The minimum Gasteiger partial charge on any atom is -0.493 e. The molecule has 0 unspecified atom stereocenters. The lowest BCUT2D eigenvalue weighted by Gasteiger charge is -2.19. The van der Waals surface area contributed by atoms with E-state index in [1.54, 1.807) is 0 Å². The van der Waals surface area contributed by atoms with Gasteiger partial charge in [-0.1, -0.05) is 56.3 Å². The van der Waals surface area contributed by atoms with Crippen LogP contribution in [0.15, 0.2) is 59.5 Å². The van der Waals surface area contributed by atoms with Crippen molar-refractivity contribution in [3.63, 3.8) is 0 Å². The predicted molar refractivity (Wildman–Crippen MR) is 118 cm³/mol. The summed E-state index contributed by atoms with van der Waals surface area (Å²) in [6.45, 7) is 8.55. The highest BCUT2D eigenvalue weighted by atomic mass is 32.2. The van der Waals surface area contributed by atoms with Gasteiger partial charge in [-0.25, -0.2) is 0 Å². The molecule has 4 nitrogen and oxygen atoms in total. The van der Waals surface area contributed by atoms with E-state index in [4.69, 9.17) is 4.74 Å². The number of hydrogen-bond acceptors (Lipinski definition) is 4. The van der Waals surface area contributed by atoms with Crippen LogP contribution < -0.4 is 4.74 Å². The Kier molecular flexibility index (Phi) is 6.80. The Hall–Kier alpha value is -2.53. The molecule has 0 aliphatic carbocycles. The van der Waals surface area contributed by atoms with Gasteiger partial charge in [0.1, 0.15) is 5.75 Å². The van der Waals surface area contributed by atoms with Crippen LogP contribution in [-0.4, -0.2) is 29.4 Å². The lowest BCUT2D eigenvalue weighted by molar-refractivity contribution is -0.138. The molecule has 0 atom stereocenters. The zero-order valence-corrected chi connectivity index (χ0v) is 18.2. The number of ether oxygens (including phenoxy) is 1. The number of rotatable bonds is 8. The maximum Gasteiger partial charge on any atom is 0.268 e. The lowest BCUT2D eigenvalue weighted by Crippen LogP contribution is -2.37. The molecular formula is C24H27NO3S. The second-order valence-electron chi connectivity index (χ2n) is 7.78. The quantitative estimate of drug-likeness (QED) is 0.566. The summed E-state index contributed by atoms with van der Waals surface area (Å²) in [6, 6.07) is 17.2. The first-order valence-electron chi connectivity index (χ1n) is 9.90. The standard InChI is InChI=1S/C24H27NO3S/c1-16(2)14-28-20-12-10-19(11-13-20)21-22(24(27)25(17(3)4)23(21)26)29-15-18-8-6-5-7-9-18/h5-13,16-17H,14-15H2,1-4H3. The number of amides is 2.